The number of hydrogen-bond donors (Lipinski definition) is 2. The summed E-state index contributed by atoms with van der Waals surface area (Å²) in [6.45, 7) is 6.16. The molecule has 12 heteroatoms. The van der Waals surface area contributed by atoms with Crippen LogP contribution in [0.4, 0.5) is 37.7 Å². The van der Waals surface area contributed by atoms with E-state index in [1.807, 2.05) is 0 Å². The summed E-state index contributed by atoms with van der Waals surface area (Å²) >= 11 is 0. The molecule has 2 atom stereocenters. The molecular formula is C24H20F6N2O4. The van der Waals surface area contributed by atoms with Crippen LogP contribution in [-0.2, 0) is 21.8 Å². The second-order valence-corrected chi connectivity index (χ2v) is 7.69. The zero-order valence-electron chi connectivity index (χ0n) is 18.5. The minimum Gasteiger partial charge on any atom is -0.460 e. The maximum absolute atomic E-state index is 13.2. The lowest BCUT2D eigenvalue weighted by atomic mass is 10.1. The number of nitrogens with one attached hydrogen (secondary N) is 2. The predicted molar refractivity (Wildman–Crippen MR) is 119 cm³/mol. The van der Waals surface area contributed by atoms with Crippen molar-refractivity contribution in [2.45, 2.75) is 24.4 Å². The summed E-state index contributed by atoms with van der Waals surface area (Å²) in [4.78, 5) is 25.4. The summed E-state index contributed by atoms with van der Waals surface area (Å²) in [6, 6.07) is 2.74. The summed E-state index contributed by atoms with van der Waals surface area (Å²) in [7, 11) is 0. The number of ether oxygens (including phenoxy) is 2. The molecule has 0 radical (unpaired) electrons. The molecule has 0 aliphatic carbocycles. The van der Waals surface area contributed by atoms with E-state index in [0.717, 1.165) is 12.1 Å². The molecule has 0 fully saturated rings. The number of benzene rings is 2. The number of anilines is 2. The van der Waals surface area contributed by atoms with Gasteiger partial charge in [-0.05, 0) is 36.4 Å². The SMILES string of the molecule is C=C[C@@H]1COC(=O)c2ccc(C(F)(F)F)cc2N[C@@H](C=C)COC(=O)c2ccc(C(F)(F)F)cc2N1. The van der Waals surface area contributed by atoms with Crippen LogP contribution in [0.3, 0.4) is 0 Å². The van der Waals surface area contributed by atoms with Gasteiger partial charge in [-0.15, -0.1) is 13.2 Å². The number of esters is 2. The Balaban J connectivity index is 2.04. The fraction of sp³-hybridized carbons (Fsp3) is 0.250. The zero-order chi connectivity index (χ0) is 26.7. The van der Waals surface area contributed by atoms with E-state index in [1.54, 1.807) is 0 Å². The first kappa shape index (κ1) is 26.6. The van der Waals surface area contributed by atoms with Crippen LogP contribution in [0.5, 0.6) is 0 Å². The van der Waals surface area contributed by atoms with Gasteiger partial charge in [-0.1, -0.05) is 12.2 Å². The van der Waals surface area contributed by atoms with Gasteiger partial charge in [-0.25, -0.2) is 9.59 Å². The third-order valence-corrected chi connectivity index (χ3v) is 5.17. The first-order chi connectivity index (χ1) is 16.8. The lowest BCUT2D eigenvalue weighted by Crippen LogP contribution is -2.30. The highest BCUT2D eigenvalue weighted by Gasteiger charge is 2.33. The van der Waals surface area contributed by atoms with E-state index in [1.165, 1.54) is 12.2 Å². The third kappa shape index (κ3) is 6.18. The normalized spacial score (nSPS) is 19.3. The number of halogens is 6. The second-order valence-electron chi connectivity index (χ2n) is 7.69. The van der Waals surface area contributed by atoms with Gasteiger partial charge in [0, 0.05) is 11.4 Å². The molecule has 2 aromatic rings. The molecule has 6 nitrogen and oxygen atoms in total. The number of alkyl halides is 6. The molecule has 0 aromatic heterocycles. The molecule has 0 unspecified atom stereocenters. The van der Waals surface area contributed by atoms with Gasteiger partial charge in [-0.2, -0.15) is 26.3 Å². The van der Waals surface area contributed by atoms with Crippen LogP contribution in [0.1, 0.15) is 31.8 Å². The summed E-state index contributed by atoms with van der Waals surface area (Å²) in [5.41, 5.74) is -3.07. The second kappa shape index (κ2) is 10.3. The van der Waals surface area contributed by atoms with Crippen molar-refractivity contribution in [2.75, 3.05) is 23.8 Å². The van der Waals surface area contributed by atoms with Crippen molar-refractivity contribution in [1.29, 1.82) is 0 Å². The van der Waals surface area contributed by atoms with Gasteiger partial charge in [0.25, 0.3) is 0 Å². The minimum atomic E-state index is -4.70. The molecule has 36 heavy (non-hydrogen) atoms. The lowest BCUT2D eigenvalue weighted by Gasteiger charge is -2.23. The van der Waals surface area contributed by atoms with Crippen LogP contribution >= 0.6 is 0 Å². The van der Waals surface area contributed by atoms with Crippen molar-refractivity contribution in [3.8, 4) is 0 Å². The molecule has 2 N–H and O–H groups in total. The molecule has 0 saturated carbocycles. The van der Waals surface area contributed by atoms with Gasteiger partial charge in [0.2, 0.25) is 0 Å². The summed E-state index contributed by atoms with van der Waals surface area (Å²) in [5.74, 6) is -2.00. The summed E-state index contributed by atoms with van der Waals surface area (Å²) in [6.07, 6.45) is -6.94. The Hall–Kier alpha value is -3.96. The highest BCUT2D eigenvalue weighted by atomic mass is 19.4. The Morgan fingerprint density at radius 3 is 1.39 bits per heavy atom. The van der Waals surface area contributed by atoms with E-state index in [9.17, 15) is 35.9 Å². The maximum Gasteiger partial charge on any atom is 0.416 e. The van der Waals surface area contributed by atoms with Crippen molar-refractivity contribution in [3.05, 3.63) is 84.0 Å². The topological polar surface area (TPSA) is 76.7 Å². The van der Waals surface area contributed by atoms with E-state index in [-0.39, 0.29) is 22.5 Å². The quantitative estimate of drug-likeness (QED) is 0.305. The Kier molecular flexibility index (Phi) is 7.65. The van der Waals surface area contributed by atoms with Crippen LogP contribution in [0.2, 0.25) is 0 Å². The highest BCUT2D eigenvalue weighted by Crippen LogP contribution is 2.34. The van der Waals surface area contributed by atoms with Gasteiger partial charge in [0.1, 0.15) is 13.2 Å². The molecule has 1 aliphatic rings. The molecule has 1 heterocycles. The summed E-state index contributed by atoms with van der Waals surface area (Å²) < 4.78 is 89.9. The maximum atomic E-state index is 13.2. The monoisotopic (exact) mass is 514 g/mol. The zero-order valence-corrected chi connectivity index (χ0v) is 18.5. The first-order valence-electron chi connectivity index (χ1n) is 10.4. The third-order valence-electron chi connectivity index (χ3n) is 5.17. The summed E-state index contributed by atoms with van der Waals surface area (Å²) in [5, 5.41) is 5.32. The highest BCUT2D eigenvalue weighted by molar-refractivity contribution is 5.97. The van der Waals surface area contributed by atoms with E-state index >= 15 is 0 Å². The molecule has 3 rings (SSSR count). The van der Waals surface area contributed by atoms with Crippen molar-refractivity contribution in [1.82, 2.24) is 0 Å². The van der Waals surface area contributed by atoms with Crippen molar-refractivity contribution < 1.29 is 45.4 Å². The number of cyclic esters (lactones) is 2. The number of carbonyl (C=O) groups is 2. The molecular weight excluding hydrogens is 494 g/mol. The minimum absolute atomic E-state index is 0.244. The Labute approximate surface area is 201 Å². The average molecular weight is 514 g/mol. The molecule has 0 bridgehead atoms. The molecule has 2 aromatic carbocycles. The Morgan fingerprint density at radius 1 is 0.722 bits per heavy atom. The number of fused-ring (bicyclic) bond motifs is 2. The van der Waals surface area contributed by atoms with Crippen molar-refractivity contribution in [3.63, 3.8) is 0 Å². The van der Waals surface area contributed by atoms with Gasteiger partial charge < -0.3 is 20.1 Å². The average Bonchev–Trinajstić information content (AvgIpc) is 2.81. The fourth-order valence-corrected chi connectivity index (χ4v) is 3.26. The van der Waals surface area contributed by atoms with Crippen LogP contribution < -0.4 is 10.6 Å². The van der Waals surface area contributed by atoms with Crippen LogP contribution in [0, 0.1) is 0 Å². The van der Waals surface area contributed by atoms with Crippen molar-refractivity contribution in [2.24, 2.45) is 0 Å². The van der Waals surface area contributed by atoms with Gasteiger partial charge in [0.15, 0.2) is 0 Å². The smallest absolute Gasteiger partial charge is 0.416 e. The fourth-order valence-electron chi connectivity index (χ4n) is 3.26. The van der Waals surface area contributed by atoms with Gasteiger partial charge in [0.05, 0.1) is 34.3 Å². The largest absolute Gasteiger partial charge is 0.460 e. The van der Waals surface area contributed by atoms with Crippen LogP contribution in [0.15, 0.2) is 61.7 Å². The van der Waals surface area contributed by atoms with Crippen LogP contribution in [-0.4, -0.2) is 37.2 Å². The number of rotatable bonds is 2. The number of hydrogen-bond acceptors (Lipinski definition) is 6. The molecule has 0 amide bonds. The van der Waals surface area contributed by atoms with E-state index in [0.29, 0.717) is 24.3 Å². The molecule has 0 spiro atoms. The Bertz CT molecular complexity index is 1080. The molecule has 0 saturated heterocycles. The van der Waals surface area contributed by atoms with Gasteiger partial charge in [-0.3, -0.25) is 0 Å². The lowest BCUT2D eigenvalue weighted by molar-refractivity contribution is -0.138. The Morgan fingerprint density at radius 2 is 1.08 bits per heavy atom. The molecule has 192 valence electrons. The van der Waals surface area contributed by atoms with Gasteiger partial charge >= 0.3 is 24.3 Å². The van der Waals surface area contributed by atoms with Crippen LogP contribution in [0.25, 0.3) is 0 Å². The standard InChI is InChI=1S/C24H20F6N2O4/c1-3-15-11-35-21(33)18-8-6-14(24(28,29)30)10-20(18)32-16(4-2)12-36-22(34)17-7-5-13(23(25,26)27)9-19(17)31-15/h3-10,15-16,31-32H,1-2,11-12H2/t15-,16+. The first-order valence-corrected chi connectivity index (χ1v) is 10.4. The van der Waals surface area contributed by atoms with Crippen molar-refractivity contribution >= 4 is 23.3 Å². The number of carbonyl (C=O) groups excluding carboxylic acids is 2. The van der Waals surface area contributed by atoms with E-state index in [4.69, 9.17) is 9.47 Å². The van der Waals surface area contributed by atoms with E-state index < -0.39 is 60.7 Å². The van der Waals surface area contributed by atoms with E-state index in [2.05, 4.69) is 23.8 Å². The predicted octanol–water partition coefficient (Wildman–Crippen LogP) is 5.68. The molecule has 1 aliphatic heterocycles.